The standard InChI is InChI=1S/C16H24N2O4S/c1-16(2,3)22-15(19)18-10-4-5-13(11-18)12-23(20,21)14-6-8-17-9-7-14/h6-9,13H,4-5,10-12H2,1-3H3/t13-/m0/s1. The molecule has 0 spiro atoms. The van der Waals surface area contributed by atoms with Gasteiger partial charge in [-0.05, 0) is 51.7 Å². The fraction of sp³-hybridized carbons (Fsp3) is 0.625. The van der Waals surface area contributed by atoms with Crippen LogP contribution in [0.3, 0.4) is 0 Å². The van der Waals surface area contributed by atoms with Crippen molar-refractivity contribution in [3.8, 4) is 0 Å². The molecule has 1 aliphatic heterocycles. The van der Waals surface area contributed by atoms with Gasteiger partial charge in [0.15, 0.2) is 9.84 Å². The van der Waals surface area contributed by atoms with Gasteiger partial charge in [-0.15, -0.1) is 0 Å². The topological polar surface area (TPSA) is 76.6 Å². The summed E-state index contributed by atoms with van der Waals surface area (Å²) in [6, 6.07) is 3.01. The maximum absolute atomic E-state index is 12.4. The van der Waals surface area contributed by atoms with Gasteiger partial charge in [0.1, 0.15) is 5.60 Å². The molecule has 1 amide bonds. The van der Waals surface area contributed by atoms with E-state index in [0.29, 0.717) is 13.1 Å². The lowest BCUT2D eigenvalue weighted by molar-refractivity contribution is 0.0176. The molecule has 6 nitrogen and oxygen atoms in total. The molecule has 0 aliphatic carbocycles. The highest BCUT2D eigenvalue weighted by Crippen LogP contribution is 2.23. The highest BCUT2D eigenvalue weighted by molar-refractivity contribution is 7.91. The fourth-order valence-electron chi connectivity index (χ4n) is 2.65. The third-order valence-electron chi connectivity index (χ3n) is 3.63. The van der Waals surface area contributed by atoms with Gasteiger partial charge in [0.05, 0.1) is 10.6 Å². The second kappa shape index (κ2) is 6.86. The number of sulfone groups is 1. The molecule has 0 bridgehead atoms. The number of hydrogen-bond acceptors (Lipinski definition) is 5. The lowest BCUT2D eigenvalue weighted by Gasteiger charge is -2.34. The minimum absolute atomic E-state index is 0.0380. The van der Waals surface area contributed by atoms with E-state index in [4.69, 9.17) is 4.74 Å². The fourth-order valence-corrected chi connectivity index (χ4v) is 4.27. The summed E-state index contributed by atoms with van der Waals surface area (Å²) in [5.41, 5.74) is -0.548. The highest BCUT2D eigenvalue weighted by Gasteiger charge is 2.30. The second-order valence-electron chi connectivity index (χ2n) is 6.90. The van der Waals surface area contributed by atoms with E-state index in [1.165, 1.54) is 24.5 Å². The monoisotopic (exact) mass is 340 g/mol. The van der Waals surface area contributed by atoms with Gasteiger partial charge < -0.3 is 9.64 Å². The lowest BCUT2D eigenvalue weighted by atomic mass is 10.0. The summed E-state index contributed by atoms with van der Waals surface area (Å²) in [6.45, 7) is 6.49. The van der Waals surface area contributed by atoms with Gasteiger partial charge in [0.2, 0.25) is 0 Å². The van der Waals surface area contributed by atoms with Crippen molar-refractivity contribution in [3.63, 3.8) is 0 Å². The SMILES string of the molecule is CC(C)(C)OC(=O)N1CCC[C@H](CS(=O)(=O)c2ccncc2)C1. The molecule has 1 aromatic heterocycles. The van der Waals surface area contributed by atoms with Crippen LogP contribution >= 0.6 is 0 Å². The molecule has 2 rings (SSSR count). The number of aromatic nitrogens is 1. The first-order chi connectivity index (χ1) is 10.7. The van der Waals surface area contributed by atoms with Gasteiger partial charge in [-0.2, -0.15) is 0 Å². The predicted octanol–water partition coefficient (Wildman–Crippen LogP) is 2.50. The van der Waals surface area contributed by atoms with Crippen LogP contribution in [0.1, 0.15) is 33.6 Å². The molecule has 0 radical (unpaired) electrons. The van der Waals surface area contributed by atoms with Crippen LogP contribution in [0.25, 0.3) is 0 Å². The smallest absolute Gasteiger partial charge is 0.410 e. The van der Waals surface area contributed by atoms with Crippen LogP contribution in [0.4, 0.5) is 4.79 Å². The lowest BCUT2D eigenvalue weighted by Crippen LogP contribution is -2.44. The van der Waals surface area contributed by atoms with Crippen molar-refractivity contribution in [3.05, 3.63) is 24.5 Å². The molecule has 1 saturated heterocycles. The molecule has 1 aliphatic rings. The first-order valence-corrected chi connectivity index (χ1v) is 9.43. The van der Waals surface area contributed by atoms with Gasteiger partial charge >= 0.3 is 6.09 Å². The van der Waals surface area contributed by atoms with Crippen molar-refractivity contribution in [2.75, 3.05) is 18.8 Å². The van der Waals surface area contributed by atoms with Gasteiger partial charge in [-0.3, -0.25) is 4.98 Å². The Hall–Kier alpha value is -1.63. The Bertz CT molecular complexity index is 638. The number of ether oxygens (including phenoxy) is 1. The Balaban J connectivity index is 2.00. The molecule has 7 heteroatoms. The van der Waals surface area contributed by atoms with E-state index in [0.717, 1.165) is 12.8 Å². The first-order valence-electron chi connectivity index (χ1n) is 7.78. The molecule has 23 heavy (non-hydrogen) atoms. The summed E-state index contributed by atoms with van der Waals surface area (Å²) < 4.78 is 30.3. The van der Waals surface area contributed by atoms with Crippen LogP contribution in [-0.4, -0.2) is 48.8 Å². The zero-order valence-corrected chi connectivity index (χ0v) is 14.7. The minimum Gasteiger partial charge on any atom is -0.444 e. The maximum Gasteiger partial charge on any atom is 0.410 e. The number of likely N-dealkylation sites (tertiary alicyclic amines) is 1. The Morgan fingerprint density at radius 2 is 2.00 bits per heavy atom. The average molecular weight is 340 g/mol. The highest BCUT2D eigenvalue weighted by atomic mass is 32.2. The normalized spacial score (nSPS) is 19.4. The van der Waals surface area contributed by atoms with Crippen molar-refractivity contribution in [2.24, 2.45) is 5.92 Å². The molecule has 2 heterocycles. The summed E-state index contributed by atoms with van der Waals surface area (Å²) >= 11 is 0. The van der Waals surface area contributed by atoms with Gasteiger partial charge in [-0.25, -0.2) is 13.2 Å². The minimum atomic E-state index is -3.36. The van der Waals surface area contributed by atoms with Crippen LogP contribution in [-0.2, 0) is 14.6 Å². The van der Waals surface area contributed by atoms with E-state index in [1.807, 2.05) is 20.8 Å². The van der Waals surface area contributed by atoms with Crippen LogP contribution in [0.15, 0.2) is 29.4 Å². The van der Waals surface area contributed by atoms with Crippen molar-refractivity contribution in [1.29, 1.82) is 0 Å². The van der Waals surface area contributed by atoms with Crippen LogP contribution in [0.5, 0.6) is 0 Å². The number of pyridine rings is 1. The zero-order valence-electron chi connectivity index (χ0n) is 13.9. The number of carbonyl (C=O) groups is 1. The first kappa shape index (κ1) is 17.7. The Kier molecular flexibility index (Phi) is 5.29. The molecule has 0 aromatic carbocycles. The second-order valence-corrected chi connectivity index (χ2v) is 8.93. The Labute approximate surface area is 137 Å². The average Bonchev–Trinajstić information content (AvgIpc) is 2.46. The maximum atomic E-state index is 12.4. The van der Waals surface area contributed by atoms with Crippen molar-refractivity contribution in [1.82, 2.24) is 9.88 Å². The summed E-state index contributed by atoms with van der Waals surface area (Å²) in [5.74, 6) is -0.0366. The Morgan fingerprint density at radius 1 is 1.35 bits per heavy atom. The van der Waals surface area contributed by atoms with Crippen molar-refractivity contribution < 1.29 is 17.9 Å². The zero-order chi connectivity index (χ0) is 17.1. The van der Waals surface area contributed by atoms with Gasteiger partial charge in [0, 0.05) is 25.5 Å². The van der Waals surface area contributed by atoms with Crippen molar-refractivity contribution in [2.45, 2.75) is 44.1 Å². The molecule has 0 unspecified atom stereocenters. The van der Waals surface area contributed by atoms with Crippen LogP contribution in [0.2, 0.25) is 0 Å². The van der Waals surface area contributed by atoms with E-state index in [9.17, 15) is 13.2 Å². The van der Waals surface area contributed by atoms with E-state index < -0.39 is 15.4 Å². The predicted molar refractivity (Wildman–Crippen MR) is 86.8 cm³/mol. The van der Waals surface area contributed by atoms with Crippen LogP contribution < -0.4 is 0 Å². The molecule has 1 atom stereocenters. The summed E-state index contributed by atoms with van der Waals surface area (Å²) in [5, 5.41) is 0. The number of rotatable bonds is 3. The van der Waals surface area contributed by atoms with Gasteiger partial charge in [0.25, 0.3) is 0 Å². The quantitative estimate of drug-likeness (QED) is 0.845. The Morgan fingerprint density at radius 3 is 2.61 bits per heavy atom. The summed E-state index contributed by atoms with van der Waals surface area (Å²) in [6.07, 6.45) is 4.16. The molecule has 128 valence electrons. The van der Waals surface area contributed by atoms with Crippen LogP contribution in [0, 0.1) is 5.92 Å². The van der Waals surface area contributed by atoms with Gasteiger partial charge in [-0.1, -0.05) is 0 Å². The molecule has 1 fully saturated rings. The van der Waals surface area contributed by atoms with E-state index >= 15 is 0 Å². The molecular formula is C16H24N2O4S. The number of amides is 1. The largest absolute Gasteiger partial charge is 0.444 e. The van der Waals surface area contributed by atoms with E-state index in [1.54, 1.807) is 4.90 Å². The number of nitrogens with zero attached hydrogens (tertiary/aromatic N) is 2. The number of hydrogen-bond donors (Lipinski definition) is 0. The molecule has 0 N–H and O–H groups in total. The molecule has 1 aromatic rings. The van der Waals surface area contributed by atoms with E-state index in [-0.39, 0.29) is 22.7 Å². The van der Waals surface area contributed by atoms with E-state index in [2.05, 4.69) is 4.98 Å². The summed E-state index contributed by atoms with van der Waals surface area (Å²) in [4.78, 5) is 17.9. The third kappa shape index (κ3) is 5.20. The summed E-state index contributed by atoms with van der Waals surface area (Å²) in [7, 11) is -3.36. The molecular weight excluding hydrogens is 316 g/mol. The third-order valence-corrected chi connectivity index (χ3v) is 5.54. The van der Waals surface area contributed by atoms with Crippen molar-refractivity contribution >= 4 is 15.9 Å². The molecule has 0 saturated carbocycles. The number of carbonyl (C=O) groups excluding carboxylic acids is 1. The number of piperidine rings is 1.